The van der Waals surface area contributed by atoms with Gasteiger partial charge in [-0.15, -0.1) is 0 Å². The fourth-order valence-electron chi connectivity index (χ4n) is 3.93. The summed E-state index contributed by atoms with van der Waals surface area (Å²) in [5.74, 6) is 1.66. The summed E-state index contributed by atoms with van der Waals surface area (Å²) in [5, 5.41) is 4.26. The van der Waals surface area contributed by atoms with E-state index < -0.39 is 0 Å². The lowest BCUT2D eigenvalue weighted by molar-refractivity contribution is 0.0924. The molecule has 1 amide bonds. The molecule has 2 aromatic rings. The zero-order valence-electron chi connectivity index (χ0n) is 10.9. The largest absolute Gasteiger partial charge is 0.360 e. The van der Waals surface area contributed by atoms with E-state index in [1.807, 2.05) is 30.5 Å². The predicted molar refractivity (Wildman–Crippen MR) is 75.0 cm³/mol. The van der Waals surface area contributed by atoms with Crippen molar-refractivity contribution < 1.29 is 4.79 Å². The summed E-state index contributed by atoms with van der Waals surface area (Å²) in [6.07, 6.45) is 6.98. The number of rotatable bonds is 2. The summed E-state index contributed by atoms with van der Waals surface area (Å²) in [6, 6.07) is 8.37. The normalized spacial score (nSPS) is 28.9. The lowest BCUT2D eigenvalue weighted by atomic mass is 9.95. The van der Waals surface area contributed by atoms with Gasteiger partial charge in [-0.1, -0.05) is 24.6 Å². The van der Waals surface area contributed by atoms with Crippen LogP contribution in [-0.2, 0) is 0 Å². The van der Waals surface area contributed by atoms with Gasteiger partial charge in [-0.3, -0.25) is 4.79 Å². The second kappa shape index (κ2) is 4.12. The van der Waals surface area contributed by atoms with Gasteiger partial charge in [0.2, 0.25) is 0 Å². The van der Waals surface area contributed by atoms with Crippen molar-refractivity contribution in [2.75, 3.05) is 0 Å². The minimum atomic E-state index is 0.0787. The first kappa shape index (κ1) is 11.1. The van der Waals surface area contributed by atoms with Crippen LogP contribution in [0.4, 0.5) is 0 Å². The number of para-hydroxylation sites is 1. The Labute approximate surface area is 112 Å². The standard InChI is InChI=1S/C16H18N2O/c19-16(18-15-8-10-5-6-11(15)7-10)13-9-17-14-4-2-1-3-12(13)14/h1-4,9-11,15,17H,5-8H2,(H,18,19). The molecular weight excluding hydrogens is 236 g/mol. The highest BCUT2D eigenvalue weighted by molar-refractivity contribution is 6.06. The van der Waals surface area contributed by atoms with Crippen LogP contribution in [0.2, 0.25) is 0 Å². The highest BCUT2D eigenvalue weighted by Gasteiger charge is 2.40. The molecule has 4 rings (SSSR count). The van der Waals surface area contributed by atoms with Crippen molar-refractivity contribution in [1.29, 1.82) is 0 Å². The molecule has 2 N–H and O–H groups in total. The van der Waals surface area contributed by atoms with Crippen molar-refractivity contribution in [2.24, 2.45) is 11.8 Å². The molecule has 98 valence electrons. The van der Waals surface area contributed by atoms with Crippen LogP contribution in [0.5, 0.6) is 0 Å². The summed E-state index contributed by atoms with van der Waals surface area (Å²) >= 11 is 0. The second-order valence-electron chi connectivity index (χ2n) is 6.00. The fraction of sp³-hybridized carbons (Fsp3) is 0.438. The summed E-state index contributed by atoms with van der Waals surface area (Å²) in [6.45, 7) is 0. The molecule has 0 saturated heterocycles. The molecule has 0 aliphatic heterocycles. The first-order chi connectivity index (χ1) is 9.31. The second-order valence-corrected chi connectivity index (χ2v) is 6.00. The first-order valence-electron chi connectivity index (χ1n) is 7.18. The number of nitrogens with one attached hydrogen (secondary N) is 2. The van der Waals surface area contributed by atoms with Crippen LogP contribution in [0.1, 0.15) is 36.0 Å². The number of carbonyl (C=O) groups excluding carboxylic acids is 1. The number of hydrogen-bond acceptors (Lipinski definition) is 1. The smallest absolute Gasteiger partial charge is 0.253 e. The molecule has 2 aliphatic rings. The molecule has 2 bridgehead atoms. The topological polar surface area (TPSA) is 44.9 Å². The fourth-order valence-corrected chi connectivity index (χ4v) is 3.93. The van der Waals surface area contributed by atoms with E-state index >= 15 is 0 Å². The Kier molecular flexibility index (Phi) is 2.40. The van der Waals surface area contributed by atoms with Crippen molar-refractivity contribution in [1.82, 2.24) is 10.3 Å². The monoisotopic (exact) mass is 254 g/mol. The Morgan fingerprint density at radius 3 is 2.89 bits per heavy atom. The van der Waals surface area contributed by atoms with Crippen LogP contribution >= 0.6 is 0 Å². The highest BCUT2D eigenvalue weighted by Crippen LogP contribution is 2.44. The Hall–Kier alpha value is -1.77. The summed E-state index contributed by atoms with van der Waals surface area (Å²) in [7, 11) is 0. The maximum atomic E-state index is 12.4. The summed E-state index contributed by atoms with van der Waals surface area (Å²) in [4.78, 5) is 15.6. The van der Waals surface area contributed by atoms with E-state index in [2.05, 4.69) is 10.3 Å². The van der Waals surface area contributed by atoms with Crippen LogP contribution in [0.3, 0.4) is 0 Å². The molecule has 0 radical (unpaired) electrons. The maximum absolute atomic E-state index is 12.4. The molecule has 1 aromatic carbocycles. The van der Waals surface area contributed by atoms with Gasteiger partial charge >= 0.3 is 0 Å². The molecular formula is C16H18N2O. The molecule has 0 spiro atoms. The van der Waals surface area contributed by atoms with Gasteiger partial charge in [0.15, 0.2) is 0 Å². The zero-order valence-corrected chi connectivity index (χ0v) is 10.9. The number of H-pyrrole nitrogens is 1. The van der Waals surface area contributed by atoms with Gasteiger partial charge in [-0.25, -0.2) is 0 Å². The van der Waals surface area contributed by atoms with Crippen LogP contribution in [0.15, 0.2) is 30.5 Å². The van der Waals surface area contributed by atoms with E-state index in [1.165, 1.54) is 25.7 Å². The average molecular weight is 254 g/mol. The van der Waals surface area contributed by atoms with Crippen LogP contribution in [-0.4, -0.2) is 16.9 Å². The molecule has 19 heavy (non-hydrogen) atoms. The first-order valence-corrected chi connectivity index (χ1v) is 7.18. The molecule has 2 aliphatic carbocycles. The third-order valence-corrected chi connectivity index (χ3v) is 4.89. The van der Waals surface area contributed by atoms with Gasteiger partial charge in [0.05, 0.1) is 5.56 Å². The van der Waals surface area contributed by atoms with Gasteiger partial charge in [-0.05, 0) is 37.2 Å². The van der Waals surface area contributed by atoms with E-state index in [9.17, 15) is 4.79 Å². The van der Waals surface area contributed by atoms with E-state index in [4.69, 9.17) is 0 Å². The molecule has 1 heterocycles. The van der Waals surface area contributed by atoms with Gasteiger partial charge in [-0.2, -0.15) is 0 Å². The zero-order chi connectivity index (χ0) is 12.8. The summed E-state index contributed by atoms with van der Waals surface area (Å²) in [5.41, 5.74) is 1.80. The van der Waals surface area contributed by atoms with Crippen molar-refractivity contribution in [3.8, 4) is 0 Å². The van der Waals surface area contributed by atoms with Crippen LogP contribution in [0, 0.1) is 11.8 Å². The van der Waals surface area contributed by atoms with E-state index in [-0.39, 0.29) is 5.91 Å². The number of hydrogen-bond donors (Lipinski definition) is 2. The molecule has 3 nitrogen and oxygen atoms in total. The van der Waals surface area contributed by atoms with Gasteiger partial charge in [0.1, 0.15) is 0 Å². The number of amides is 1. The third-order valence-electron chi connectivity index (χ3n) is 4.89. The molecule has 3 heteroatoms. The third kappa shape index (κ3) is 1.76. The molecule has 2 saturated carbocycles. The quantitative estimate of drug-likeness (QED) is 0.850. The van der Waals surface area contributed by atoms with Crippen LogP contribution in [0.25, 0.3) is 10.9 Å². The number of aromatic amines is 1. The van der Waals surface area contributed by atoms with Crippen LogP contribution < -0.4 is 5.32 Å². The Balaban J connectivity index is 1.57. The minimum absolute atomic E-state index is 0.0787. The predicted octanol–water partition coefficient (Wildman–Crippen LogP) is 3.09. The van der Waals surface area contributed by atoms with Gasteiger partial charge in [0.25, 0.3) is 5.91 Å². The average Bonchev–Trinajstić information content (AvgIpc) is 3.13. The Bertz CT molecular complexity index is 630. The molecule has 1 aromatic heterocycles. The number of carbonyl (C=O) groups is 1. The maximum Gasteiger partial charge on any atom is 0.253 e. The highest BCUT2D eigenvalue weighted by atomic mass is 16.1. The van der Waals surface area contributed by atoms with Crippen molar-refractivity contribution in [3.63, 3.8) is 0 Å². The Morgan fingerprint density at radius 1 is 1.21 bits per heavy atom. The number of fused-ring (bicyclic) bond motifs is 3. The van der Waals surface area contributed by atoms with E-state index in [0.717, 1.165) is 28.3 Å². The Morgan fingerprint density at radius 2 is 2.11 bits per heavy atom. The van der Waals surface area contributed by atoms with Crippen molar-refractivity contribution in [2.45, 2.75) is 31.7 Å². The summed E-state index contributed by atoms with van der Waals surface area (Å²) < 4.78 is 0. The van der Waals surface area contributed by atoms with Gasteiger partial charge < -0.3 is 10.3 Å². The lowest BCUT2D eigenvalue weighted by Gasteiger charge is -2.22. The van der Waals surface area contributed by atoms with Crippen molar-refractivity contribution in [3.05, 3.63) is 36.0 Å². The SMILES string of the molecule is O=C(NC1CC2CCC1C2)c1c[nH]c2ccccc12. The molecule has 3 unspecified atom stereocenters. The molecule has 2 fully saturated rings. The van der Waals surface area contributed by atoms with E-state index in [1.54, 1.807) is 0 Å². The van der Waals surface area contributed by atoms with Gasteiger partial charge in [0, 0.05) is 23.1 Å². The lowest BCUT2D eigenvalue weighted by Crippen LogP contribution is -2.38. The van der Waals surface area contributed by atoms with E-state index in [0.29, 0.717) is 6.04 Å². The molecule has 3 atom stereocenters. The number of aromatic nitrogens is 1. The number of benzene rings is 1. The minimum Gasteiger partial charge on any atom is -0.360 e. The van der Waals surface area contributed by atoms with Crippen molar-refractivity contribution >= 4 is 16.8 Å².